The Morgan fingerprint density at radius 2 is 0.333 bits per heavy atom. The van der Waals surface area contributed by atoms with Gasteiger partial charge in [-0.05, 0) is 247 Å². The summed E-state index contributed by atoms with van der Waals surface area (Å²) >= 11 is 0. The Morgan fingerprint density at radius 3 is 0.713 bits per heavy atom. The van der Waals surface area contributed by atoms with E-state index in [1.165, 1.54) is 174 Å². The molecule has 108 heavy (non-hydrogen) atoms. The number of hydrogen-bond donors (Lipinski definition) is 0. The zero-order chi connectivity index (χ0) is 70.4. The number of fused-ring (bicyclic) bond motifs is 24. The molecule has 0 radical (unpaired) electrons. The summed E-state index contributed by atoms with van der Waals surface area (Å²) in [5.74, 6) is 0. The highest BCUT2D eigenvalue weighted by Gasteiger charge is 2.23. The van der Waals surface area contributed by atoms with Crippen LogP contribution in [0.15, 0.2) is 376 Å². The Balaban J connectivity index is 0.677. The molecular formula is C104H62N4. The van der Waals surface area contributed by atoms with Crippen LogP contribution >= 0.6 is 0 Å². The number of benzene rings is 20. The van der Waals surface area contributed by atoms with Crippen LogP contribution in [-0.4, -0.2) is 18.3 Å². The van der Waals surface area contributed by atoms with Gasteiger partial charge < -0.3 is 18.3 Å². The summed E-state index contributed by atoms with van der Waals surface area (Å²) in [7, 11) is 0. The van der Waals surface area contributed by atoms with E-state index >= 15 is 0 Å². The van der Waals surface area contributed by atoms with E-state index in [0.29, 0.717) is 0 Å². The van der Waals surface area contributed by atoms with E-state index in [1.807, 2.05) is 0 Å². The zero-order valence-corrected chi connectivity index (χ0v) is 58.6. The average molecular weight is 1370 g/mol. The van der Waals surface area contributed by atoms with Gasteiger partial charge in [0.15, 0.2) is 0 Å². The summed E-state index contributed by atoms with van der Waals surface area (Å²) in [5.41, 5.74) is 20.9. The van der Waals surface area contributed by atoms with Crippen LogP contribution in [0, 0.1) is 0 Å². The molecule has 0 saturated carbocycles. The second kappa shape index (κ2) is 22.6. The lowest BCUT2D eigenvalue weighted by atomic mass is 9.98. The van der Waals surface area contributed by atoms with Crippen molar-refractivity contribution in [2.75, 3.05) is 0 Å². The summed E-state index contributed by atoms with van der Waals surface area (Å²) in [6, 6.07) is 141. The van der Waals surface area contributed by atoms with Gasteiger partial charge in [0.05, 0.1) is 44.1 Å². The lowest BCUT2D eigenvalue weighted by Gasteiger charge is -2.12. The van der Waals surface area contributed by atoms with Gasteiger partial charge in [-0.25, -0.2) is 0 Å². The monoisotopic (exact) mass is 1370 g/mol. The number of nitrogens with zero attached hydrogens (tertiary/aromatic N) is 4. The van der Waals surface area contributed by atoms with Crippen LogP contribution in [0.25, 0.3) is 230 Å². The molecule has 0 unspecified atom stereocenters. The minimum atomic E-state index is 1.12. The third-order valence-electron chi connectivity index (χ3n) is 23.8. The molecular weight excluding hydrogens is 1310 g/mol. The maximum atomic E-state index is 2.51. The average Bonchev–Trinajstić information content (AvgIpc) is 1.58. The van der Waals surface area contributed by atoms with E-state index in [4.69, 9.17) is 0 Å². The summed E-state index contributed by atoms with van der Waals surface area (Å²) < 4.78 is 9.90. The van der Waals surface area contributed by atoms with Crippen LogP contribution in [-0.2, 0) is 0 Å². The smallest absolute Gasteiger partial charge is 0.0547 e. The van der Waals surface area contributed by atoms with E-state index in [-0.39, 0.29) is 0 Å². The van der Waals surface area contributed by atoms with Crippen LogP contribution in [0.2, 0.25) is 0 Å². The molecule has 24 aromatic rings. The maximum absolute atomic E-state index is 2.51. The van der Waals surface area contributed by atoms with Gasteiger partial charge in [-0.15, -0.1) is 0 Å². The predicted octanol–water partition coefficient (Wildman–Crippen LogP) is 28.3. The summed E-state index contributed by atoms with van der Waals surface area (Å²) in [4.78, 5) is 0. The molecule has 4 heterocycles. The number of para-hydroxylation sites is 2. The third-order valence-corrected chi connectivity index (χ3v) is 23.8. The van der Waals surface area contributed by atoms with Crippen LogP contribution in [0.3, 0.4) is 0 Å². The van der Waals surface area contributed by atoms with Crippen LogP contribution in [0.1, 0.15) is 0 Å². The van der Waals surface area contributed by atoms with Gasteiger partial charge in [0.1, 0.15) is 0 Å². The fourth-order valence-electron chi connectivity index (χ4n) is 18.7. The lowest BCUT2D eigenvalue weighted by Crippen LogP contribution is -1.95. The number of aromatic nitrogens is 4. The van der Waals surface area contributed by atoms with Gasteiger partial charge in [0.25, 0.3) is 0 Å². The van der Waals surface area contributed by atoms with Gasteiger partial charge in [-0.2, -0.15) is 0 Å². The van der Waals surface area contributed by atoms with Gasteiger partial charge in [-0.3, -0.25) is 0 Å². The van der Waals surface area contributed by atoms with E-state index < -0.39 is 0 Å². The third kappa shape index (κ3) is 8.74. The van der Waals surface area contributed by atoms with E-state index in [9.17, 15) is 0 Å². The number of hydrogen-bond acceptors (Lipinski definition) is 0. The molecule has 498 valence electrons. The molecule has 4 heteroatoms. The first-order chi connectivity index (χ1) is 53.5. The minimum absolute atomic E-state index is 1.12. The van der Waals surface area contributed by atoms with Crippen LogP contribution < -0.4 is 0 Å². The maximum Gasteiger partial charge on any atom is 0.0547 e. The molecule has 0 aliphatic rings. The Morgan fingerprint density at radius 1 is 0.111 bits per heavy atom. The molecule has 0 atom stereocenters. The SMILES string of the molecule is c1ccc2c(c1)ccc1cc(-n3c4ccccc4c4cc(-c5ccc6c(c5)c5cc(-c7ccc8c9cc(-c%10ccc%11c(c%10)c%10ccccc%10n%11-c%10ccc%11ccc%12ccccc%12c%11c%10)ccc9n(-c9ccc%10ccc%11ccccc%11c%10c9)c8c7)ccc5n6-c5ccc6c(ccc7ccccc76)c5)ccc43)ccc12. The van der Waals surface area contributed by atoms with Crippen molar-refractivity contribution >= 4 is 173 Å². The van der Waals surface area contributed by atoms with Crippen molar-refractivity contribution < 1.29 is 0 Å². The predicted molar refractivity (Wildman–Crippen MR) is 460 cm³/mol. The van der Waals surface area contributed by atoms with E-state index in [1.54, 1.807) is 0 Å². The first-order valence-corrected chi connectivity index (χ1v) is 37.4. The van der Waals surface area contributed by atoms with Gasteiger partial charge >= 0.3 is 0 Å². The Bertz CT molecular complexity index is 8070. The fraction of sp³-hybridized carbons (Fsp3) is 0. The van der Waals surface area contributed by atoms with E-state index in [2.05, 4.69) is 394 Å². The normalized spacial score (nSPS) is 12.3. The van der Waals surface area contributed by atoms with Gasteiger partial charge in [-0.1, -0.05) is 249 Å². The van der Waals surface area contributed by atoms with Crippen molar-refractivity contribution in [1.82, 2.24) is 18.3 Å². The molecule has 0 N–H and O–H groups in total. The first kappa shape index (κ1) is 59.1. The van der Waals surface area contributed by atoms with Crippen molar-refractivity contribution in [3.05, 3.63) is 376 Å². The fourth-order valence-corrected chi connectivity index (χ4v) is 18.7. The Labute approximate surface area is 619 Å². The van der Waals surface area contributed by atoms with Crippen molar-refractivity contribution in [1.29, 1.82) is 0 Å². The standard InChI is InChI=1S/C104H62N4/c1-5-17-81-63(13-1)29-31-75-53-77(43-46-85(75)81)105-97-23-11-9-21-87(97)92-56-70(36-48-99(92)105)72-39-51-102-95(58-72)96-59-73(40-52-103(96)106(102)78-44-47-86-76(54-78)32-30-64-14-2-6-18-82(64)86)74-35-45-89-94-57-71(38-50-101(94)108(104(89)60-74)80-42-34-68-28-26-66-16-4-8-20-84(66)91(68)62-80)69-37-49-100-93(55-69)88-22-10-12-24-98(88)107(100)79-41-33-67-27-25-65-15-3-7-19-83(65)90(67)61-79/h1-62H. The first-order valence-electron chi connectivity index (χ1n) is 37.4. The molecule has 0 fully saturated rings. The molecule has 4 aromatic heterocycles. The molecule has 0 saturated heterocycles. The summed E-state index contributed by atoms with van der Waals surface area (Å²) in [5, 5.41) is 29.7. The minimum Gasteiger partial charge on any atom is -0.309 e. The molecule has 0 bridgehead atoms. The Hall–Kier alpha value is -14.3. The second-order valence-electron chi connectivity index (χ2n) is 29.5. The highest BCUT2D eigenvalue weighted by Crippen LogP contribution is 2.45. The van der Waals surface area contributed by atoms with Crippen molar-refractivity contribution in [2.45, 2.75) is 0 Å². The lowest BCUT2D eigenvalue weighted by molar-refractivity contribution is 1.18. The molecule has 0 spiro atoms. The Kier molecular flexibility index (Phi) is 12.4. The number of rotatable bonds is 7. The molecule has 0 aliphatic carbocycles. The van der Waals surface area contributed by atoms with Crippen molar-refractivity contribution in [3.63, 3.8) is 0 Å². The molecule has 24 rings (SSSR count). The molecule has 20 aromatic carbocycles. The largest absolute Gasteiger partial charge is 0.309 e. The second-order valence-corrected chi connectivity index (χ2v) is 29.5. The van der Waals surface area contributed by atoms with Crippen LogP contribution in [0.5, 0.6) is 0 Å². The van der Waals surface area contributed by atoms with Gasteiger partial charge in [0, 0.05) is 65.8 Å². The molecule has 4 nitrogen and oxygen atoms in total. The highest BCUT2D eigenvalue weighted by atomic mass is 15.0. The van der Waals surface area contributed by atoms with Crippen molar-refractivity contribution in [3.8, 4) is 56.1 Å². The van der Waals surface area contributed by atoms with Gasteiger partial charge in [0.2, 0.25) is 0 Å². The highest BCUT2D eigenvalue weighted by molar-refractivity contribution is 6.19. The summed E-state index contributed by atoms with van der Waals surface area (Å²) in [6.07, 6.45) is 0. The quantitative estimate of drug-likeness (QED) is 0.142. The van der Waals surface area contributed by atoms with E-state index in [0.717, 1.165) is 55.9 Å². The zero-order valence-electron chi connectivity index (χ0n) is 58.6. The molecule has 0 aliphatic heterocycles. The molecule has 0 amide bonds. The van der Waals surface area contributed by atoms with Crippen LogP contribution in [0.4, 0.5) is 0 Å². The summed E-state index contributed by atoms with van der Waals surface area (Å²) in [6.45, 7) is 0. The topological polar surface area (TPSA) is 19.7 Å². The van der Waals surface area contributed by atoms with Crippen molar-refractivity contribution in [2.24, 2.45) is 0 Å².